The summed E-state index contributed by atoms with van der Waals surface area (Å²) in [4.78, 5) is 8.75. The van der Waals surface area contributed by atoms with E-state index in [9.17, 15) is 0 Å². The van der Waals surface area contributed by atoms with Gasteiger partial charge in [0.2, 0.25) is 0 Å². The van der Waals surface area contributed by atoms with Crippen molar-refractivity contribution in [2.75, 3.05) is 18.1 Å². The highest BCUT2D eigenvalue weighted by molar-refractivity contribution is 8.00. The average Bonchev–Trinajstić information content (AvgIpc) is 3.18. The smallest absolute Gasteiger partial charge is 0.137 e. The summed E-state index contributed by atoms with van der Waals surface area (Å²) in [5.74, 6) is 0.962. The van der Waals surface area contributed by atoms with Gasteiger partial charge in [-0.25, -0.2) is 9.97 Å². The number of hydrogen-bond donors (Lipinski definition) is 1. The summed E-state index contributed by atoms with van der Waals surface area (Å²) in [5, 5.41) is 4.62. The van der Waals surface area contributed by atoms with Gasteiger partial charge >= 0.3 is 0 Å². The van der Waals surface area contributed by atoms with Gasteiger partial charge in [-0.05, 0) is 37.7 Å². The molecule has 0 unspecified atom stereocenters. The highest BCUT2D eigenvalue weighted by Gasteiger charge is 2.41. The normalized spacial score (nSPS) is 16.8. The van der Waals surface area contributed by atoms with Crippen molar-refractivity contribution in [3.05, 3.63) is 30.1 Å². The molecule has 3 nitrogen and oxygen atoms in total. The first-order chi connectivity index (χ1) is 8.74. The van der Waals surface area contributed by atoms with Crippen molar-refractivity contribution in [3.63, 3.8) is 0 Å². The van der Waals surface area contributed by atoms with E-state index in [2.05, 4.69) is 46.7 Å². The predicted molar refractivity (Wildman–Crippen MR) is 78.2 cm³/mol. The monoisotopic (exact) mass is 259 g/mol. The minimum Gasteiger partial charge on any atom is -0.368 e. The zero-order valence-corrected chi connectivity index (χ0v) is 11.5. The Morgan fingerprint density at radius 1 is 1.33 bits per heavy atom. The minimum absolute atomic E-state index is 0.446. The molecule has 2 aromatic rings. The van der Waals surface area contributed by atoms with Gasteiger partial charge in [-0.15, -0.1) is 0 Å². The molecule has 3 rings (SSSR count). The summed E-state index contributed by atoms with van der Waals surface area (Å²) in [6, 6.07) is 6.24. The van der Waals surface area contributed by atoms with Crippen LogP contribution in [0.2, 0.25) is 0 Å². The van der Waals surface area contributed by atoms with E-state index >= 15 is 0 Å². The zero-order chi connectivity index (χ0) is 12.6. The molecule has 1 N–H and O–H groups in total. The fourth-order valence-electron chi connectivity index (χ4n) is 2.21. The van der Waals surface area contributed by atoms with Gasteiger partial charge < -0.3 is 5.32 Å². The molecule has 0 saturated heterocycles. The first-order valence-electron chi connectivity index (χ1n) is 6.23. The number of aromatic nitrogens is 2. The molecule has 0 spiro atoms. The fraction of sp³-hybridized carbons (Fsp3) is 0.429. The van der Waals surface area contributed by atoms with E-state index in [4.69, 9.17) is 0 Å². The van der Waals surface area contributed by atoms with Gasteiger partial charge in [-0.2, -0.15) is 11.8 Å². The van der Waals surface area contributed by atoms with E-state index in [1.807, 2.05) is 11.8 Å². The van der Waals surface area contributed by atoms with Crippen molar-refractivity contribution in [3.8, 4) is 0 Å². The highest BCUT2D eigenvalue weighted by Crippen LogP contribution is 2.47. The second-order valence-electron chi connectivity index (χ2n) is 4.93. The second-order valence-corrected chi connectivity index (χ2v) is 6.21. The Balaban J connectivity index is 1.90. The third kappa shape index (κ3) is 2.05. The molecule has 1 aromatic heterocycles. The molecule has 94 valence electrons. The maximum atomic E-state index is 4.38. The Morgan fingerprint density at radius 2 is 2.17 bits per heavy atom. The molecule has 0 bridgehead atoms. The van der Waals surface area contributed by atoms with Crippen LogP contribution in [0.5, 0.6) is 0 Å². The largest absolute Gasteiger partial charge is 0.368 e. The van der Waals surface area contributed by atoms with Crippen LogP contribution in [0.15, 0.2) is 24.5 Å². The number of hydrogen-bond acceptors (Lipinski definition) is 4. The van der Waals surface area contributed by atoms with Crippen LogP contribution in [0, 0.1) is 6.92 Å². The lowest BCUT2D eigenvalue weighted by Gasteiger charge is -2.14. The summed E-state index contributed by atoms with van der Waals surface area (Å²) < 4.78 is 0.446. The number of benzene rings is 1. The number of rotatable bonds is 4. The standard InChI is InChI=1S/C14H17N3S/c1-10-4-3-5-11-12(10)16-9-17-13(11)15-8-14(18-2)6-7-14/h3-5,9H,6-8H2,1-2H3,(H,15,16,17). The zero-order valence-electron chi connectivity index (χ0n) is 10.7. The number of para-hydroxylation sites is 1. The van der Waals surface area contributed by atoms with Gasteiger partial charge in [0.1, 0.15) is 12.1 Å². The molecule has 1 heterocycles. The van der Waals surface area contributed by atoms with Crippen molar-refractivity contribution in [2.45, 2.75) is 24.5 Å². The maximum Gasteiger partial charge on any atom is 0.137 e. The van der Waals surface area contributed by atoms with Crippen molar-refractivity contribution in [1.29, 1.82) is 0 Å². The number of aryl methyl sites for hydroxylation is 1. The number of fused-ring (bicyclic) bond motifs is 1. The summed E-state index contributed by atoms with van der Waals surface area (Å²) in [5.41, 5.74) is 2.24. The summed E-state index contributed by atoms with van der Waals surface area (Å²) in [6.45, 7) is 3.08. The van der Waals surface area contributed by atoms with Crippen LogP contribution in [0.3, 0.4) is 0 Å². The highest BCUT2D eigenvalue weighted by atomic mass is 32.2. The molecule has 1 aromatic carbocycles. The van der Waals surface area contributed by atoms with Gasteiger partial charge in [0, 0.05) is 16.7 Å². The molecule has 0 aliphatic heterocycles. The number of thioether (sulfide) groups is 1. The first-order valence-corrected chi connectivity index (χ1v) is 7.46. The quantitative estimate of drug-likeness (QED) is 0.914. The Labute approximate surface area is 111 Å². The summed E-state index contributed by atoms with van der Waals surface area (Å²) in [6.07, 6.45) is 6.46. The fourth-order valence-corrected chi connectivity index (χ4v) is 2.94. The van der Waals surface area contributed by atoms with Crippen LogP contribution in [0.1, 0.15) is 18.4 Å². The first kappa shape index (κ1) is 11.8. The minimum atomic E-state index is 0.446. The van der Waals surface area contributed by atoms with Gasteiger partial charge in [0.25, 0.3) is 0 Å². The number of anilines is 1. The van der Waals surface area contributed by atoms with Crippen LogP contribution in [0.4, 0.5) is 5.82 Å². The van der Waals surface area contributed by atoms with Gasteiger partial charge in [0.05, 0.1) is 5.52 Å². The van der Waals surface area contributed by atoms with E-state index < -0.39 is 0 Å². The van der Waals surface area contributed by atoms with Crippen molar-refractivity contribution >= 4 is 28.5 Å². The Morgan fingerprint density at radius 3 is 2.89 bits per heavy atom. The maximum absolute atomic E-state index is 4.38. The predicted octanol–water partition coefficient (Wildman–Crippen LogP) is 3.25. The topological polar surface area (TPSA) is 37.8 Å². The van der Waals surface area contributed by atoms with Crippen LogP contribution in [-0.4, -0.2) is 27.5 Å². The Hall–Kier alpha value is -1.29. The van der Waals surface area contributed by atoms with Crippen LogP contribution < -0.4 is 5.32 Å². The number of nitrogens with one attached hydrogen (secondary N) is 1. The molecule has 1 fully saturated rings. The van der Waals surface area contributed by atoms with Crippen LogP contribution in [0.25, 0.3) is 10.9 Å². The SMILES string of the molecule is CSC1(CNc2ncnc3c(C)cccc23)CC1. The summed E-state index contributed by atoms with van der Waals surface area (Å²) >= 11 is 1.96. The van der Waals surface area contributed by atoms with Gasteiger partial charge in [-0.3, -0.25) is 0 Å². The molecule has 0 atom stereocenters. The van der Waals surface area contributed by atoms with E-state index in [1.165, 1.54) is 18.4 Å². The Kier molecular flexibility index (Phi) is 2.90. The van der Waals surface area contributed by atoms with Crippen LogP contribution in [-0.2, 0) is 0 Å². The lowest BCUT2D eigenvalue weighted by atomic mass is 10.1. The van der Waals surface area contributed by atoms with Gasteiger partial charge in [-0.1, -0.05) is 12.1 Å². The van der Waals surface area contributed by atoms with Gasteiger partial charge in [0.15, 0.2) is 0 Å². The van der Waals surface area contributed by atoms with E-state index in [0.717, 1.165) is 23.3 Å². The average molecular weight is 259 g/mol. The van der Waals surface area contributed by atoms with Crippen molar-refractivity contribution < 1.29 is 0 Å². The molecule has 0 amide bonds. The molecule has 1 aliphatic carbocycles. The van der Waals surface area contributed by atoms with E-state index in [1.54, 1.807) is 6.33 Å². The van der Waals surface area contributed by atoms with Crippen molar-refractivity contribution in [2.24, 2.45) is 0 Å². The molecule has 18 heavy (non-hydrogen) atoms. The molecule has 4 heteroatoms. The molecule has 1 aliphatic rings. The molecule has 0 radical (unpaired) electrons. The summed E-state index contributed by atoms with van der Waals surface area (Å²) in [7, 11) is 0. The van der Waals surface area contributed by atoms with Crippen LogP contribution >= 0.6 is 11.8 Å². The molecule has 1 saturated carbocycles. The van der Waals surface area contributed by atoms with E-state index in [-0.39, 0.29) is 0 Å². The third-order valence-electron chi connectivity index (χ3n) is 3.69. The second kappa shape index (κ2) is 4.43. The van der Waals surface area contributed by atoms with Crippen molar-refractivity contribution in [1.82, 2.24) is 9.97 Å². The molecular formula is C14H17N3S. The number of nitrogens with zero attached hydrogens (tertiary/aromatic N) is 2. The molecular weight excluding hydrogens is 242 g/mol. The lowest BCUT2D eigenvalue weighted by molar-refractivity contribution is 0.941. The third-order valence-corrected chi connectivity index (χ3v) is 5.10. The van der Waals surface area contributed by atoms with E-state index in [0.29, 0.717) is 4.75 Å². The Bertz CT molecular complexity index is 578. The lowest BCUT2D eigenvalue weighted by Crippen LogP contribution is -2.18.